The van der Waals surface area contributed by atoms with Crippen molar-refractivity contribution in [2.75, 3.05) is 11.9 Å². The third-order valence-electron chi connectivity index (χ3n) is 3.11. The van der Waals surface area contributed by atoms with E-state index in [-0.39, 0.29) is 17.6 Å². The number of carbonyl (C=O) groups is 1. The molecule has 0 radical (unpaired) electrons. The number of phenolic OH excluding ortho intramolecular Hbond substituents is 1. The molecule has 0 fully saturated rings. The number of hydrogen-bond acceptors (Lipinski definition) is 3. The van der Waals surface area contributed by atoms with Crippen LogP contribution >= 0.6 is 0 Å². The highest BCUT2D eigenvalue weighted by molar-refractivity contribution is 5.96. The summed E-state index contributed by atoms with van der Waals surface area (Å²) >= 11 is 0. The Bertz CT molecular complexity index is 376. The molecular weight excluding hydrogens is 216 g/mol. The lowest BCUT2D eigenvalue weighted by Crippen LogP contribution is -2.45. The van der Waals surface area contributed by atoms with Gasteiger partial charge in [0.05, 0.1) is 6.04 Å². The SMILES string of the molecule is CCC(C)C(N)C(=O)N(C)c1ccc(O)cc1. The Kier molecular flexibility index (Phi) is 4.52. The lowest BCUT2D eigenvalue weighted by Gasteiger charge is -2.24. The Hall–Kier alpha value is -1.55. The van der Waals surface area contributed by atoms with E-state index >= 15 is 0 Å². The summed E-state index contributed by atoms with van der Waals surface area (Å²) in [4.78, 5) is 13.6. The van der Waals surface area contributed by atoms with E-state index in [4.69, 9.17) is 5.73 Å². The summed E-state index contributed by atoms with van der Waals surface area (Å²) in [5, 5.41) is 9.18. The predicted octanol–water partition coefficient (Wildman–Crippen LogP) is 1.73. The van der Waals surface area contributed by atoms with E-state index in [1.54, 1.807) is 31.3 Å². The largest absolute Gasteiger partial charge is 0.508 e. The Balaban J connectivity index is 2.79. The molecule has 0 saturated heterocycles. The topological polar surface area (TPSA) is 66.6 Å². The maximum atomic E-state index is 12.1. The van der Waals surface area contributed by atoms with Crippen LogP contribution in [0.1, 0.15) is 20.3 Å². The maximum absolute atomic E-state index is 12.1. The molecule has 1 rings (SSSR count). The number of benzene rings is 1. The Morgan fingerprint density at radius 3 is 2.41 bits per heavy atom. The summed E-state index contributed by atoms with van der Waals surface area (Å²) in [5.41, 5.74) is 6.63. The van der Waals surface area contributed by atoms with Gasteiger partial charge in [0, 0.05) is 12.7 Å². The number of amides is 1. The highest BCUT2D eigenvalue weighted by atomic mass is 16.3. The van der Waals surface area contributed by atoms with Crippen LogP contribution in [-0.2, 0) is 4.79 Å². The first-order valence-corrected chi connectivity index (χ1v) is 5.79. The second-order valence-corrected chi connectivity index (χ2v) is 4.32. The van der Waals surface area contributed by atoms with E-state index in [0.717, 1.165) is 12.1 Å². The molecular formula is C13H20N2O2. The van der Waals surface area contributed by atoms with Crippen molar-refractivity contribution in [3.63, 3.8) is 0 Å². The number of rotatable bonds is 4. The van der Waals surface area contributed by atoms with Crippen molar-refractivity contribution in [2.24, 2.45) is 11.7 Å². The van der Waals surface area contributed by atoms with Gasteiger partial charge in [-0.2, -0.15) is 0 Å². The molecule has 17 heavy (non-hydrogen) atoms. The molecule has 2 unspecified atom stereocenters. The molecule has 4 heteroatoms. The van der Waals surface area contributed by atoms with Crippen molar-refractivity contribution in [2.45, 2.75) is 26.3 Å². The number of nitrogens with two attached hydrogens (primary N) is 1. The zero-order valence-electron chi connectivity index (χ0n) is 10.6. The van der Waals surface area contributed by atoms with Crippen LogP contribution in [0.5, 0.6) is 5.75 Å². The minimum absolute atomic E-state index is 0.106. The number of phenols is 1. The smallest absolute Gasteiger partial charge is 0.243 e. The maximum Gasteiger partial charge on any atom is 0.243 e. The van der Waals surface area contributed by atoms with Crippen LogP contribution in [0.3, 0.4) is 0 Å². The van der Waals surface area contributed by atoms with Gasteiger partial charge in [0.25, 0.3) is 0 Å². The second-order valence-electron chi connectivity index (χ2n) is 4.32. The Labute approximate surface area is 102 Å². The molecule has 94 valence electrons. The van der Waals surface area contributed by atoms with Crippen LogP contribution in [0.2, 0.25) is 0 Å². The average Bonchev–Trinajstić information content (AvgIpc) is 2.36. The molecule has 2 atom stereocenters. The highest BCUT2D eigenvalue weighted by Crippen LogP contribution is 2.19. The van der Waals surface area contributed by atoms with E-state index in [9.17, 15) is 9.90 Å². The molecule has 0 spiro atoms. The first-order valence-electron chi connectivity index (χ1n) is 5.79. The van der Waals surface area contributed by atoms with E-state index in [1.807, 2.05) is 13.8 Å². The zero-order chi connectivity index (χ0) is 13.0. The first-order chi connectivity index (χ1) is 7.97. The van der Waals surface area contributed by atoms with Gasteiger partial charge in [-0.15, -0.1) is 0 Å². The van der Waals surface area contributed by atoms with Gasteiger partial charge in [0.2, 0.25) is 5.91 Å². The molecule has 0 aromatic heterocycles. The molecule has 0 bridgehead atoms. The number of carbonyl (C=O) groups excluding carboxylic acids is 1. The number of aromatic hydroxyl groups is 1. The van der Waals surface area contributed by atoms with Crippen LogP contribution < -0.4 is 10.6 Å². The fourth-order valence-corrected chi connectivity index (χ4v) is 1.52. The number of likely N-dealkylation sites (N-methyl/N-ethyl adjacent to an activating group) is 1. The van der Waals surface area contributed by atoms with Crippen LogP contribution in [0.4, 0.5) is 5.69 Å². The third-order valence-corrected chi connectivity index (χ3v) is 3.11. The van der Waals surface area contributed by atoms with Crippen LogP contribution in [0.15, 0.2) is 24.3 Å². The number of anilines is 1. The molecule has 3 N–H and O–H groups in total. The van der Waals surface area contributed by atoms with E-state index < -0.39 is 6.04 Å². The minimum atomic E-state index is -0.487. The van der Waals surface area contributed by atoms with Crippen molar-refractivity contribution in [3.8, 4) is 5.75 Å². The van der Waals surface area contributed by atoms with Crippen molar-refractivity contribution < 1.29 is 9.90 Å². The molecule has 0 aliphatic rings. The molecule has 0 saturated carbocycles. The van der Waals surface area contributed by atoms with Crippen molar-refractivity contribution in [3.05, 3.63) is 24.3 Å². The lowest BCUT2D eigenvalue weighted by molar-refractivity contribution is -0.120. The summed E-state index contributed by atoms with van der Waals surface area (Å²) in [6.07, 6.45) is 0.871. The van der Waals surface area contributed by atoms with Crippen LogP contribution in [0, 0.1) is 5.92 Å². The summed E-state index contributed by atoms with van der Waals surface area (Å²) < 4.78 is 0. The zero-order valence-corrected chi connectivity index (χ0v) is 10.6. The summed E-state index contributed by atoms with van der Waals surface area (Å²) in [7, 11) is 1.69. The van der Waals surface area contributed by atoms with E-state index in [0.29, 0.717) is 0 Å². The standard InChI is InChI=1S/C13H20N2O2/c1-4-9(2)12(14)13(17)15(3)10-5-7-11(16)8-6-10/h5-9,12,16H,4,14H2,1-3H3. The predicted molar refractivity (Wildman–Crippen MR) is 68.9 cm³/mol. The molecule has 1 aromatic carbocycles. The average molecular weight is 236 g/mol. The first kappa shape index (κ1) is 13.5. The van der Waals surface area contributed by atoms with Crippen LogP contribution in [0.25, 0.3) is 0 Å². The molecule has 1 amide bonds. The highest BCUT2D eigenvalue weighted by Gasteiger charge is 2.23. The van der Waals surface area contributed by atoms with Gasteiger partial charge in [-0.25, -0.2) is 0 Å². The normalized spacial score (nSPS) is 14.1. The lowest BCUT2D eigenvalue weighted by atomic mass is 9.99. The number of nitrogens with zero attached hydrogens (tertiary/aromatic N) is 1. The molecule has 0 aliphatic heterocycles. The Morgan fingerprint density at radius 2 is 1.94 bits per heavy atom. The molecule has 1 aromatic rings. The summed E-state index contributed by atoms with van der Waals surface area (Å²) in [5.74, 6) is 0.230. The molecule has 0 heterocycles. The van der Waals surface area contributed by atoms with Gasteiger partial charge in [0.1, 0.15) is 5.75 Å². The van der Waals surface area contributed by atoms with Gasteiger partial charge < -0.3 is 15.7 Å². The summed E-state index contributed by atoms with van der Waals surface area (Å²) in [6, 6.07) is 5.99. The van der Waals surface area contributed by atoms with Gasteiger partial charge in [-0.1, -0.05) is 20.3 Å². The number of hydrogen-bond donors (Lipinski definition) is 2. The van der Waals surface area contributed by atoms with Crippen molar-refractivity contribution in [1.29, 1.82) is 0 Å². The van der Waals surface area contributed by atoms with Crippen LogP contribution in [-0.4, -0.2) is 24.1 Å². The van der Waals surface area contributed by atoms with Crippen molar-refractivity contribution in [1.82, 2.24) is 0 Å². The fraction of sp³-hybridized carbons (Fsp3) is 0.462. The summed E-state index contributed by atoms with van der Waals surface area (Å²) in [6.45, 7) is 3.98. The van der Waals surface area contributed by atoms with Gasteiger partial charge >= 0.3 is 0 Å². The third kappa shape index (κ3) is 3.20. The van der Waals surface area contributed by atoms with E-state index in [1.165, 1.54) is 4.90 Å². The monoisotopic (exact) mass is 236 g/mol. The van der Waals surface area contributed by atoms with E-state index in [2.05, 4.69) is 0 Å². The fourth-order valence-electron chi connectivity index (χ4n) is 1.52. The molecule has 4 nitrogen and oxygen atoms in total. The van der Waals surface area contributed by atoms with Gasteiger partial charge in [-0.3, -0.25) is 4.79 Å². The Morgan fingerprint density at radius 1 is 1.41 bits per heavy atom. The van der Waals surface area contributed by atoms with Crippen molar-refractivity contribution >= 4 is 11.6 Å². The van der Waals surface area contributed by atoms with Gasteiger partial charge in [0.15, 0.2) is 0 Å². The molecule has 0 aliphatic carbocycles. The minimum Gasteiger partial charge on any atom is -0.508 e. The quantitative estimate of drug-likeness (QED) is 0.836. The van der Waals surface area contributed by atoms with Gasteiger partial charge in [-0.05, 0) is 30.2 Å². The second kappa shape index (κ2) is 5.68.